The highest BCUT2D eigenvalue weighted by molar-refractivity contribution is 6.10. The van der Waals surface area contributed by atoms with E-state index >= 15 is 0 Å². The molecule has 1 N–H and O–H groups in total. The SMILES string of the molecule is CC[C@]1(c2cccc(C(F)(F)F)c2)C2=CN=NC2NC2=C1C(=O)N(c1cnn(C)c1C)CC2. The lowest BCUT2D eigenvalue weighted by molar-refractivity contribution is -0.137. The zero-order chi connectivity index (χ0) is 23.5. The summed E-state index contributed by atoms with van der Waals surface area (Å²) >= 11 is 0. The Hall–Kier alpha value is -3.43. The smallest absolute Gasteiger partial charge is 0.362 e. The highest BCUT2D eigenvalue weighted by Gasteiger charge is 2.53. The van der Waals surface area contributed by atoms with Crippen LogP contribution in [0.15, 0.2) is 63.7 Å². The molecular formula is C23H23F3N6O. The minimum atomic E-state index is -4.50. The first-order valence-corrected chi connectivity index (χ1v) is 10.8. The first-order valence-electron chi connectivity index (χ1n) is 10.8. The molecule has 2 atom stereocenters. The number of rotatable bonds is 3. The number of anilines is 1. The van der Waals surface area contributed by atoms with Crippen LogP contribution in [-0.4, -0.2) is 28.4 Å². The van der Waals surface area contributed by atoms with Gasteiger partial charge in [0.05, 0.1) is 40.3 Å². The van der Waals surface area contributed by atoms with E-state index in [9.17, 15) is 18.0 Å². The number of azo groups is 1. The largest absolute Gasteiger partial charge is 0.416 e. The van der Waals surface area contributed by atoms with Gasteiger partial charge in [0.1, 0.15) is 0 Å². The Morgan fingerprint density at radius 1 is 1.30 bits per heavy atom. The lowest BCUT2D eigenvalue weighted by atomic mass is 9.62. The van der Waals surface area contributed by atoms with Crippen molar-refractivity contribution in [2.45, 2.75) is 44.4 Å². The van der Waals surface area contributed by atoms with Gasteiger partial charge >= 0.3 is 6.18 Å². The highest BCUT2D eigenvalue weighted by Crippen LogP contribution is 2.52. The van der Waals surface area contributed by atoms with E-state index in [0.717, 1.165) is 17.8 Å². The maximum Gasteiger partial charge on any atom is 0.416 e. The topological polar surface area (TPSA) is 74.9 Å². The third-order valence-corrected chi connectivity index (χ3v) is 6.96. The van der Waals surface area contributed by atoms with Crippen molar-refractivity contribution in [3.8, 4) is 0 Å². The first-order chi connectivity index (χ1) is 15.7. The predicted octanol–water partition coefficient (Wildman–Crippen LogP) is 4.37. The van der Waals surface area contributed by atoms with Crippen molar-refractivity contribution in [1.82, 2.24) is 15.1 Å². The molecule has 10 heteroatoms. The van der Waals surface area contributed by atoms with E-state index < -0.39 is 23.3 Å². The molecular weight excluding hydrogens is 433 g/mol. The maximum absolute atomic E-state index is 14.0. The summed E-state index contributed by atoms with van der Waals surface area (Å²) in [6.45, 7) is 4.20. The molecule has 3 aliphatic rings. The summed E-state index contributed by atoms with van der Waals surface area (Å²) in [5.74, 6) is -0.245. The number of hydrogen-bond acceptors (Lipinski definition) is 5. The van der Waals surface area contributed by atoms with Crippen LogP contribution < -0.4 is 10.2 Å². The molecule has 0 fully saturated rings. The second-order valence-electron chi connectivity index (χ2n) is 8.50. The van der Waals surface area contributed by atoms with Crippen molar-refractivity contribution >= 4 is 11.6 Å². The third kappa shape index (κ3) is 3.03. The number of amides is 1. The maximum atomic E-state index is 14.0. The molecule has 33 heavy (non-hydrogen) atoms. The standard InChI is InChI=1S/C23H23F3N6O/c1-4-22(14-6-5-7-15(10-14)23(24,25)26)16-11-27-30-20(16)29-17-8-9-32(21(33)19(17)22)18-12-28-31(3)13(18)2/h5-7,10-12,20,29H,4,8-9H2,1-3H3/t20?,22-/m0/s1. The second kappa shape index (κ2) is 7.29. The summed E-state index contributed by atoms with van der Waals surface area (Å²) in [6.07, 6.45) is -0.869. The van der Waals surface area contributed by atoms with Crippen LogP contribution >= 0.6 is 0 Å². The normalized spacial score (nSPS) is 24.5. The Kier molecular flexibility index (Phi) is 4.73. The number of aromatic nitrogens is 2. The Labute approximate surface area is 188 Å². The van der Waals surface area contributed by atoms with Crippen LogP contribution in [0.4, 0.5) is 18.9 Å². The molecule has 7 nitrogen and oxygen atoms in total. The molecule has 172 valence electrons. The van der Waals surface area contributed by atoms with Crippen molar-refractivity contribution in [2.24, 2.45) is 17.3 Å². The van der Waals surface area contributed by atoms with E-state index in [1.807, 2.05) is 13.8 Å². The van der Waals surface area contributed by atoms with Gasteiger partial charge in [-0.1, -0.05) is 25.1 Å². The van der Waals surface area contributed by atoms with Gasteiger partial charge in [0.2, 0.25) is 0 Å². The monoisotopic (exact) mass is 456 g/mol. The third-order valence-electron chi connectivity index (χ3n) is 6.96. The van der Waals surface area contributed by atoms with Crippen molar-refractivity contribution in [3.05, 3.63) is 70.3 Å². The predicted molar refractivity (Wildman–Crippen MR) is 115 cm³/mol. The van der Waals surface area contributed by atoms with Crippen LogP contribution in [0.2, 0.25) is 0 Å². The summed E-state index contributed by atoms with van der Waals surface area (Å²) in [5.41, 5.74) is 1.95. The molecule has 1 unspecified atom stereocenters. The molecule has 3 aliphatic heterocycles. The quantitative estimate of drug-likeness (QED) is 0.746. The van der Waals surface area contributed by atoms with E-state index in [2.05, 4.69) is 20.6 Å². The van der Waals surface area contributed by atoms with Crippen LogP contribution in [0.25, 0.3) is 0 Å². The molecule has 0 bridgehead atoms. The number of carbonyl (C=O) groups excluding carboxylic acids is 1. The molecule has 2 aromatic rings. The summed E-state index contributed by atoms with van der Waals surface area (Å²) in [5, 5.41) is 15.9. The average molecular weight is 456 g/mol. The molecule has 1 aromatic heterocycles. The minimum Gasteiger partial charge on any atom is -0.362 e. The molecule has 1 aromatic carbocycles. The van der Waals surface area contributed by atoms with E-state index in [4.69, 9.17) is 0 Å². The summed E-state index contributed by atoms with van der Waals surface area (Å²) in [7, 11) is 1.80. The molecule has 0 spiro atoms. The van der Waals surface area contributed by atoms with Crippen LogP contribution in [-0.2, 0) is 23.4 Å². The van der Waals surface area contributed by atoms with Gasteiger partial charge in [-0.05, 0) is 25.0 Å². The number of nitrogens with one attached hydrogen (secondary N) is 1. The Bertz CT molecular complexity index is 1240. The number of carbonyl (C=O) groups is 1. The van der Waals surface area contributed by atoms with E-state index in [-0.39, 0.29) is 5.91 Å². The van der Waals surface area contributed by atoms with Gasteiger partial charge in [-0.2, -0.15) is 28.5 Å². The molecule has 4 heterocycles. The Balaban J connectivity index is 1.72. The zero-order valence-electron chi connectivity index (χ0n) is 18.4. The lowest BCUT2D eigenvalue weighted by Crippen LogP contribution is -2.54. The fourth-order valence-corrected chi connectivity index (χ4v) is 5.19. The number of hydrogen-bond donors (Lipinski definition) is 1. The van der Waals surface area contributed by atoms with Gasteiger partial charge in [-0.3, -0.25) is 9.48 Å². The van der Waals surface area contributed by atoms with Crippen LogP contribution in [0.3, 0.4) is 0 Å². The van der Waals surface area contributed by atoms with Gasteiger partial charge in [0, 0.05) is 31.3 Å². The summed E-state index contributed by atoms with van der Waals surface area (Å²) in [4.78, 5) is 15.7. The van der Waals surface area contributed by atoms with E-state index in [1.54, 1.807) is 35.1 Å². The van der Waals surface area contributed by atoms with Gasteiger partial charge in [-0.25, -0.2) is 0 Å². The highest BCUT2D eigenvalue weighted by atomic mass is 19.4. The van der Waals surface area contributed by atoms with Crippen LogP contribution in [0.1, 0.15) is 36.6 Å². The number of alkyl halides is 3. The fraction of sp³-hybridized carbons (Fsp3) is 0.391. The Morgan fingerprint density at radius 3 is 2.76 bits per heavy atom. The van der Waals surface area contributed by atoms with Gasteiger partial charge in [-0.15, -0.1) is 0 Å². The first kappa shape index (κ1) is 21.4. The molecule has 0 saturated carbocycles. The molecule has 1 amide bonds. The molecule has 5 rings (SSSR count). The summed E-state index contributed by atoms with van der Waals surface area (Å²) < 4.78 is 42.5. The van der Waals surface area contributed by atoms with Crippen molar-refractivity contribution in [2.75, 3.05) is 11.4 Å². The van der Waals surface area contributed by atoms with Crippen LogP contribution in [0, 0.1) is 6.92 Å². The molecule has 0 aliphatic carbocycles. The average Bonchev–Trinajstić information content (AvgIpc) is 3.39. The number of fused-ring (bicyclic) bond motifs is 1. The van der Waals surface area contributed by atoms with Gasteiger partial charge in [0.15, 0.2) is 6.17 Å². The molecule has 0 radical (unpaired) electrons. The number of halogens is 3. The number of benzene rings is 1. The Morgan fingerprint density at radius 2 is 2.09 bits per heavy atom. The van der Waals surface area contributed by atoms with Crippen molar-refractivity contribution < 1.29 is 18.0 Å². The van der Waals surface area contributed by atoms with E-state index in [0.29, 0.717) is 47.5 Å². The van der Waals surface area contributed by atoms with Crippen molar-refractivity contribution in [1.29, 1.82) is 0 Å². The van der Waals surface area contributed by atoms with Crippen LogP contribution in [0.5, 0.6) is 0 Å². The fourth-order valence-electron chi connectivity index (χ4n) is 5.19. The number of aryl methyl sites for hydroxylation is 1. The van der Waals surface area contributed by atoms with Gasteiger partial charge in [0.25, 0.3) is 5.91 Å². The summed E-state index contributed by atoms with van der Waals surface area (Å²) in [6, 6.07) is 5.25. The minimum absolute atomic E-state index is 0.245. The molecule has 0 saturated heterocycles. The zero-order valence-corrected chi connectivity index (χ0v) is 18.4. The van der Waals surface area contributed by atoms with Crippen molar-refractivity contribution in [3.63, 3.8) is 0 Å². The lowest BCUT2D eigenvalue weighted by Gasteiger charge is -2.47. The van der Waals surface area contributed by atoms with Gasteiger partial charge < -0.3 is 10.2 Å². The van der Waals surface area contributed by atoms with E-state index in [1.165, 1.54) is 6.07 Å². The number of nitrogens with zero attached hydrogens (tertiary/aromatic N) is 5. The second-order valence-corrected chi connectivity index (χ2v) is 8.50.